The van der Waals surface area contributed by atoms with Gasteiger partial charge in [-0.15, -0.1) is 0 Å². The summed E-state index contributed by atoms with van der Waals surface area (Å²) in [7, 11) is 0. The van der Waals surface area contributed by atoms with Gasteiger partial charge in [-0.3, -0.25) is 4.79 Å². The Morgan fingerprint density at radius 3 is 2.50 bits per heavy atom. The van der Waals surface area contributed by atoms with Crippen molar-refractivity contribution in [3.63, 3.8) is 0 Å². The van der Waals surface area contributed by atoms with Gasteiger partial charge in [0.15, 0.2) is 0 Å². The van der Waals surface area contributed by atoms with Crippen molar-refractivity contribution in [3.05, 3.63) is 88.9 Å². The van der Waals surface area contributed by atoms with Crippen molar-refractivity contribution < 1.29 is 9.53 Å². The molecule has 4 nitrogen and oxygen atoms in total. The maximum absolute atomic E-state index is 12.1. The van der Waals surface area contributed by atoms with Crippen LogP contribution in [0.4, 0.5) is 11.4 Å². The molecule has 0 aliphatic heterocycles. The second kappa shape index (κ2) is 9.06. The SMILES string of the molecule is O=C(CNc1cccc(OCc2ccccc2)c1)Nc1ccccc1Br. The Morgan fingerprint density at radius 1 is 0.923 bits per heavy atom. The quantitative estimate of drug-likeness (QED) is 0.570. The van der Waals surface area contributed by atoms with Gasteiger partial charge in [0.2, 0.25) is 5.91 Å². The number of hydrogen-bond donors (Lipinski definition) is 2. The summed E-state index contributed by atoms with van der Waals surface area (Å²) in [4.78, 5) is 12.1. The third-order valence-electron chi connectivity index (χ3n) is 3.68. The molecule has 132 valence electrons. The van der Waals surface area contributed by atoms with Crippen molar-refractivity contribution in [3.8, 4) is 5.75 Å². The molecule has 0 fully saturated rings. The van der Waals surface area contributed by atoms with E-state index >= 15 is 0 Å². The van der Waals surface area contributed by atoms with E-state index in [1.807, 2.05) is 78.9 Å². The van der Waals surface area contributed by atoms with Gasteiger partial charge in [0, 0.05) is 16.2 Å². The zero-order valence-corrected chi connectivity index (χ0v) is 15.7. The van der Waals surface area contributed by atoms with Crippen LogP contribution in [0.2, 0.25) is 0 Å². The van der Waals surface area contributed by atoms with E-state index in [0.717, 1.165) is 27.2 Å². The van der Waals surface area contributed by atoms with E-state index in [-0.39, 0.29) is 12.5 Å². The van der Waals surface area contributed by atoms with Gasteiger partial charge in [0.25, 0.3) is 0 Å². The van der Waals surface area contributed by atoms with E-state index in [1.165, 1.54) is 0 Å². The number of rotatable bonds is 7. The van der Waals surface area contributed by atoms with Gasteiger partial charge in [-0.1, -0.05) is 48.5 Å². The van der Waals surface area contributed by atoms with Crippen molar-refractivity contribution in [1.82, 2.24) is 0 Å². The van der Waals surface area contributed by atoms with Gasteiger partial charge in [-0.2, -0.15) is 0 Å². The van der Waals surface area contributed by atoms with Crippen molar-refractivity contribution in [2.45, 2.75) is 6.61 Å². The summed E-state index contributed by atoms with van der Waals surface area (Å²) in [5.41, 5.74) is 2.69. The number of carbonyl (C=O) groups excluding carboxylic acids is 1. The summed E-state index contributed by atoms with van der Waals surface area (Å²) in [5.74, 6) is 0.637. The highest BCUT2D eigenvalue weighted by atomic mass is 79.9. The molecular formula is C21H19BrN2O2. The molecule has 0 atom stereocenters. The Hall–Kier alpha value is -2.79. The largest absolute Gasteiger partial charge is 0.489 e. The Labute approximate surface area is 161 Å². The lowest BCUT2D eigenvalue weighted by Crippen LogP contribution is -2.21. The molecule has 3 aromatic carbocycles. The zero-order chi connectivity index (χ0) is 18.2. The summed E-state index contributed by atoms with van der Waals surface area (Å²) < 4.78 is 6.66. The molecule has 0 unspecified atom stereocenters. The molecule has 0 saturated heterocycles. The van der Waals surface area contributed by atoms with Crippen LogP contribution in [-0.4, -0.2) is 12.5 Å². The Bertz CT molecular complexity index is 869. The van der Waals surface area contributed by atoms with E-state index in [2.05, 4.69) is 26.6 Å². The standard InChI is InChI=1S/C21H19BrN2O2/c22-19-11-4-5-12-20(19)24-21(25)14-23-17-9-6-10-18(13-17)26-15-16-7-2-1-3-8-16/h1-13,23H,14-15H2,(H,24,25). The normalized spacial score (nSPS) is 10.2. The molecule has 2 N–H and O–H groups in total. The summed E-state index contributed by atoms with van der Waals surface area (Å²) in [6, 6.07) is 25.1. The van der Waals surface area contributed by atoms with Crippen LogP contribution in [0.1, 0.15) is 5.56 Å². The lowest BCUT2D eigenvalue weighted by Gasteiger charge is -2.11. The third kappa shape index (κ3) is 5.36. The number of carbonyl (C=O) groups is 1. The Kier molecular flexibility index (Phi) is 6.28. The number of ether oxygens (including phenoxy) is 1. The number of hydrogen-bond acceptors (Lipinski definition) is 3. The first-order valence-electron chi connectivity index (χ1n) is 8.26. The van der Waals surface area contributed by atoms with E-state index in [0.29, 0.717) is 6.61 Å². The van der Waals surface area contributed by atoms with Crippen molar-refractivity contribution in [2.75, 3.05) is 17.2 Å². The maximum atomic E-state index is 12.1. The molecule has 5 heteroatoms. The van der Waals surface area contributed by atoms with Crippen LogP contribution >= 0.6 is 15.9 Å². The molecule has 0 bridgehead atoms. The smallest absolute Gasteiger partial charge is 0.243 e. The van der Waals surface area contributed by atoms with Crippen LogP contribution in [0.5, 0.6) is 5.75 Å². The zero-order valence-electron chi connectivity index (χ0n) is 14.1. The molecule has 0 saturated carbocycles. The molecule has 3 rings (SSSR count). The highest BCUT2D eigenvalue weighted by Crippen LogP contribution is 2.21. The highest BCUT2D eigenvalue weighted by molar-refractivity contribution is 9.10. The van der Waals surface area contributed by atoms with Crippen LogP contribution in [0.25, 0.3) is 0 Å². The van der Waals surface area contributed by atoms with Crippen molar-refractivity contribution in [2.24, 2.45) is 0 Å². The predicted octanol–water partition coefficient (Wildman–Crippen LogP) is 5.08. The van der Waals surface area contributed by atoms with Gasteiger partial charge in [0.05, 0.1) is 12.2 Å². The first kappa shape index (κ1) is 18.0. The fourth-order valence-corrected chi connectivity index (χ4v) is 2.76. The fraction of sp³-hybridized carbons (Fsp3) is 0.0952. The number of anilines is 2. The molecule has 0 spiro atoms. The van der Waals surface area contributed by atoms with Gasteiger partial charge in [-0.25, -0.2) is 0 Å². The van der Waals surface area contributed by atoms with Crippen LogP contribution in [0.15, 0.2) is 83.3 Å². The number of benzene rings is 3. The van der Waals surface area contributed by atoms with Gasteiger partial charge in [-0.05, 0) is 45.8 Å². The minimum atomic E-state index is -0.118. The maximum Gasteiger partial charge on any atom is 0.243 e. The fourth-order valence-electron chi connectivity index (χ4n) is 2.38. The van der Waals surface area contributed by atoms with Crippen molar-refractivity contribution >= 4 is 33.2 Å². The number of nitrogens with one attached hydrogen (secondary N) is 2. The Morgan fingerprint density at radius 2 is 1.69 bits per heavy atom. The van der Waals surface area contributed by atoms with Crippen molar-refractivity contribution in [1.29, 1.82) is 0 Å². The molecule has 3 aromatic rings. The molecule has 0 radical (unpaired) electrons. The number of amides is 1. The summed E-state index contributed by atoms with van der Waals surface area (Å²) in [6.45, 7) is 0.677. The predicted molar refractivity (Wildman–Crippen MR) is 108 cm³/mol. The average Bonchev–Trinajstić information content (AvgIpc) is 2.68. The lowest BCUT2D eigenvalue weighted by atomic mass is 10.2. The first-order valence-corrected chi connectivity index (χ1v) is 9.05. The van der Waals surface area contributed by atoms with Crippen LogP contribution < -0.4 is 15.4 Å². The Balaban J connectivity index is 1.52. The topological polar surface area (TPSA) is 50.4 Å². The molecule has 0 aliphatic carbocycles. The van der Waals surface area contributed by atoms with Gasteiger partial charge >= 0.3 is 0 Å². The summed E-state index contributed by atoms with van der Waals surface area (Å²) in [6.07, 6.45) is 0. The average molecular weight is 411 g/mol. The third-order valence-corrected chi connectivity index (χ3v) is 4.37. The van der Waals surface area contributed by atoms with Crippen LogP contribution in [-0.2, 0) is 11.4 Å². The summed E-state index contributed by atoms with van der Waals surface area (Å²) in [5, 5.41) is 5.98. The second-order valence-electron chi connectivity index (χ2n) is 5.68. The van der Waals surface area contributed by atoms with E-state index in [4.69, 9.17) is 4.74 Å². The van der Waals surface area contributed by atoms with Gasteiger partial charge < -0.3 is 15.4 Å². The summed E-state index contributed by atoms with van der Waals surface area (Å²) >= 11 is 3.42. The van der Waals surface area contributed by atoms with Gasteiger partial charge in [0.1, 0.15) is 12.4 Å². The second-order valence-corrected chi connectivity index (χ2v) is 6.54. The first-order chi connectivity index (χ1) is 12.7. The molecule has 0 aliphatic rings. The van der Waals surface area contributed by atoms with Crippen LogP contribution in [0, 0.1) is 0 Å². The minimum Gasteiger partial charge on any atom is -0.489 e. The molecule has 26 heavy (non-hydrogen) atoms. The molecule has 1 amide bonds. The molecule has 0 aromatic heterocycles. The lowest BCUT2D eigenvalue weighted by molar-refractivity contribution is -0.114. The van der Waals surface area contributed by atoms with E-state index < -0.39 is 0 Å². The van der Waals surface area contributed by atoms with E-state index in [1.54, 1.807) is 0 Å². The van der Waals surface area contributed by atoms with Crippen LogP contribution in [0.3, 0.4) is 0 Å². The monoisotopic (exact) mass is 410 g/mol. The molecular weight excluding hydrogens is 392 g/mol. The number of halogens is 1. The molecule has 0 heterocycles. The highest BCUT2D eigenvalue weighted by Gasteiger charge is 2.05. The minimum absolute atomic E-state index is 0.118. The van der Waals surface area contributed by atoms with E-state index in [9.17, 15) is 4.79 Å². The number of para-hydroxylation sites is 1.